The van der Waals surface area contributed by atoms with Crippen molar-refractivity contribution in [3.05, 3.63) is 22.7 Å². The number of hydrogen-bond donors (Lipinski definition) is 4. The lowest BCUT2D eigenvalue weighted by Crippen LogP contribution is -2.36. The van der Waals surface area contributed by atoms with Crippen molar-refractivity contribution in [1.29, 1.82) is 0 Å². The van der Waals surface area contributed by atoms with Crippen molar-refractivity contribution in [3.63, 3.8) is 0 Å². The van der Waals surface area contributed by atoms with Crippen molar-refractivity contribution in [2.45, 2.75) is 62.4 Å². The van der Waals surface area contributed by atoms with E-state index < -0.39 is 28.5 Å². The normalized spacial score (nSPS) is 25.6. The summed E-state index contributed by atoms with van der Waals surface area (Å²) in [5.41, 5.74) is -0.632. The predicted molar refractivity (Wildman–Crippen MR) is 99.9 cm³/mol. The maximum absolute atomic E-state index is 12.4. The second kappa shape index (κ2) is 9.50. The number of aliphatic hydroxyl groups is 3. The van der Waals surface area contributed by atoms with Crippen LogP contribution in [0.25, 0.3) is 0 Å². The first-order valence-corrected chi connectivity index (χ1v) is 9.89. The lowest BCUT2D eigenvalue weighted by Gasteiger charge is -2.18. The van der Waals surface area contributed by atoms with E-state index in [-0.39, 0.29) is 24.2 Å². The number of aliphatic hydroxyl groups excluding tert-OH is 3. The van der Waals surface area contributed by atoms with E-state index in [1.807, 2.05) is 13.8 Å². The smallest absolute Gasteiger partial charge is 0.350 e. The molecule has 0 aromatic carbocycles. The number of rotatable bonds is 8. The highest BCUT2D eigenvalue weighted by molar-refractivity contribution is 8.00. The highest BCUT2D eigenvalue weighted by Gasteiger charge is 2.43. The third-order valence-corrected chi connectivity index (χ3v) is 6.08. The highest BCUT2D eigenvalue weighted by Crippen LogP contribution is 2.40. The molecule has 1 aliphatic rings. The lowest BCUT2D eigenvalue weighted by molar-refractivity contribution is -0.120. The number of nitrogens with zero attached hydrogens (tertiary/aromatic N) is 2. The van der Waals surface area contributed by atoms with E-state index in [1.165, 1.54) is 16.8 Å². The number of hydrogen-bond acceptors (Lipinski definition) is 7. The Labute approximate surface area is 156 Å². The number of aromatic nitrogens is 2. The lowest BCUT2D eigenvalue weighted by atomic mass is 9.97. The molecule has 1 amide bonds. The van der Waals surface area contributed by atoms with Gasteiger partial charge in [-0.25, -0.2) is 4.79 Å². The summed E-state index contributed by atoms with van der Waals surface area (Å²) in [7, 11) is 0. The van der Waals surface area contributed by atoms with E-state index in [0.29, 0.717) is 0 Å². The molecule has 8 nitrogen and oxygen atoms in total. The van der Waals surface area contributed by atoms with Crippen LogP contribution in [-0.2, 0) is 4.79 Å². The van der Waals surface area contributed by atoms with Gasteiger partial charge in [0.05, 0.1) is 18.0 Å². The summed E-state index contributed by atoms with van der Waals surface area (Å²) < 4.78 is 1.21. The Morgan fingerprint density at radius 3 is 2.46 bits per heavy atom. The van der Waals surface area contributed by atoms with Crippen LogP contribution in [0.4, 0.5) is 5.82 Å². The molecule has 0 unspecified atom stereocenters. The molecule has 0 radical (unpaired) electrons. The quantitative estimate of drug-likeness (QED) is 0.520. The van der Waals surface area contributed by atoms with E-state index in [1.54, 1.807) is 0 Å². The van der Waals surface area contributed by atoms with Gasteiger partial charge < -0.3 is 20.6 Å². The first-order chi connectivity index (χ1) is 12.4. The van der Waals surface area contributed by atoms with Crippen LogP contribution in [-0.4, -0.2) is 54.8 Å². The van der Waals surface area contributed by atoms with Gasteiger partial charge in [-0.3, -0.25) is 9.36 Å². The molecule has 0 aliphatic carbocycles. The summed E-state index contributed by atoms with van der Waals surface area (Å²) in [6, 6.07) is 1.50. The van der Waals surface area contributed by atoms with Gasteiger partial charge in [-0.1, -0.05) is 26.7 Å². The molecular weight excluding hydrogens is 358 g/mol. The number of thioether (sulfide) groups is 1. The molecule has 1 saturated heterocycles. The summed E-state index contributed by atoms with van der Waals surface area (Å²) >= 11 is 1.12. The molecule has 0 saturated carbocycles. The van der Waals surface area contributed by atoms with Crippen molar-refractivity contribution in [2.75, 3.05) is 11.9 Å². The van der Waals surface area contributed by atoms with Crippen molar-refractivity contribution in [2.24, 2.45) is 5.92 Å². The average molecular weight is 385 g/mol. The van der Waals surface area contributed by atoms with Gasteiger partial charge in [0, 0.05) is 12.1 Å². The second-order valence-electron chi connectivity index (χ2n) is 6.50. The van der Waals surface area contributed by atoms with Crippen LogP contribution in [0.5, 0.6) is 0 Å². The van der Waals surface area contributed by atoms with Gasteiger partial charge >= 0.3 is 5.69 Å². The summed E-state index contributed by atoms with van der Waals surface area (Å²) in [5, 5.41) is 30.6. The Bertz CT molecular complexity index is 662. The van der Waals surface area contributed by atoms with E-state index in [4.69, 9.17) is 0 Å². The van der Waals surface area contributed by atoms with Crippen LogP contribution in [0.2, 0.25) is 0 Å². The fourth-order valence-electron chi connectivity index (χ4n) is 3.12. The summed E-state index contributed by atoms with van der Waals surface area (Å²) in [4.78, 5) is 28.5. The van der Waals surface area contributed by atoms with Gasteiger partial charge in [0.15, 0.2) is 0 Å². The largest absolute Gasteiger partial charge is 0.395 e. The number of carbonyl (C=O) groups is 1. The zero-order valence-electron chi connectivity index (χ0n) is 15.0. The van der Waals surface area contributed by atoms with Crippen LogP contribution in [0.15, 0.2) is 17.1 Å². The molecule has 0 spiro atoms. The first kappa shape index (κ1) is 20.9. The van der Waals surface area contributed by atoms with E-state index in [9.17, 15) is 24.9 Å². The van der Waals surface area contributed by atoms with E-state index >= 15 is 0 Å². The minimum absolute atomic E-state index is 0.109. The van der Waals surface area contributed by atoms with Gasteiger partial charge in [-0.2, -0.15) is 4.98 Å². The van der Waals surface area contributed by atoms with Gasteiger partial charge in [-0.15, -0.1) is 11.8 Å². The monoisotopic (exact) mass is 385 g/mol. The van der Waals surface area contributed by atoms with E-state index in [2.05, 4.69) is 10.3 Å². The molecule has 1 aliphatic heterocycles. The van der Waals surface area contributed by atoms with Crippen molar-refractivity contribution in [3.8, 4) is 0 Å². The van der Waals surface area contributed by atoms with Crippen LogP contribution >= 0.6 is 11.8 Å². The van der Waals surface area contributed by atoms with Crippen molar-refractivity contribution < 1.29 is 20.1 Å². The van der Waals surface area contributed by atoms with Gasteiger partial charge in [-0.05, 0) is 18.9 Å². The third-order valence-electron chi connectivity index (χ3n) is 4.52. The standard InChI is InChI=1S/C17H27N3O5S/c1-3-5-10(6-4-2)15(24)18-12-7-8-20(17(25)19-12)16-14(23)13(22)11(9-21)26-16/h7-8,10-11,13-14,16,21-23H,3-6,9H2,1-2H3,(H,18,19,24,25)/t11-,13-,14+,16-/m1/s1. The fourth-order valence-corrected chi connectivity index (χ4v) is 4.50. The van der Waals surface area contributed by atoms with E-state index in [0.717, 1.165) is 37.4 Å². The molecule has 0 bridgehead atoms. The fraction of sp³-hybridized carbons (Fsp3) is 0.706. The molecule has 1 fully saturated rings. The molecule has 2 heterocycles. The van der Waals surface area contributed by atoms with Crippen LogP contribution in [0, 0.1) is 5.92 Å². The van der Waals surface area contributed by atoms with Crippen LogP contribution in [0.1, 0.15) is 44.9 Å². The zero-order chi connectivity index (χ0) is 19.3. The third kappa shape index (κ3) is 4.64. The average Bonchev–Trinajstić information content (AvgIpc) is 2.90. The molecule has 4 atom stereocenters. The molecular formula is C17H27N3O5S. The van der Waals surface area contributed by atoms with Gasteiger partial charge in [0.25, 0.3) is 0 Å². The SMILES string of the molecule is CCCC(CCC)C(=O)Nc1ccn([C@@H]2S[C@H](CO)[C@@H](O)[C@@H]2O)c(=O)n1. The summed E-state index contributed by atoms with van der Waals surface area (Å²) in [5.74, 6) is -0.0866. The first-order valence-electron chi connectivity index (χ1n) is 8.95. The Morgan fingerprint density at radius 1 is 1.31 bits per heavy atom. The predicted octanol–water partition coefficient (Wildman–Crippen LogP) is 0.726. The summed E-state index contributed by atoms with van der Waals surface area (Å²) in [6.45, 7) is 3.74. The maximum atomic E-state index is 12.4. The molecule has 4 N–H and O–H groups in total. The van der Waals surface area contributed by atoms with Crippen LogP contribution < -0.4 is 11.0 Å². The molecule has 1 aromatic heterocycles. The van der Waals surface area contributed by atoms with Gasteiger partial charge in [0.1, 0.15) is 17.3 Å². The zero-order valence-corrected chi connectivity index (χ0v) is 15.9. The Morgan fingerprint density at radius 2 is 1.96 bits per heavy atom. The Hall–Kier alpha value is -1.42. The molecule has 146 valence electrons. The summed E-state index contributed by atoms with van der Waals surface area (Å²) in [6.07, 6.45) is 2.49. The highest BCUT2D eigenvalue weighted by atomic mass is 32.2. The Kier molecular flexibility index (Phi) is 7.63. The topological polar surface area (TPSA) is 125 Å². The van der Waals surface area contributed by atoms with Crippen molar-refractivity contribution in [1.82, 2.24) is 9.55 Å². The minimum atomic E-state index is -1.18. The molecule has 1 aromatic rings. The molecule has 26 heavy (non-hydrogen) atoms. The number of amides is 1. The van der Waals surface area contributed by atoms with Crippen molar-refractivity contribution >= 4 is 23.5 Å². The number of nitrogens with one attached hydrogen (secondary N) is 1. The molecule has 2 rings (SSSR count). The van der Waals surface area contributed by atoms with Gasteiger partial charge in [0.2, 0.25) is 5.91 Å². The number of carbonyl (C=O) groups excluding carboxylic acids is 1. The maximum Gasteiger partial charge on any atom is 0.350 e. The number of anilines is 1. The van der Waals surface area contributed by atoms with Crippen LogP contribution in [0.3, 0.4) is 0 Å². The Balaban J connectivity index is 2.12. The molecule has 9 heteroatoms. The second-order valence-corrected chi connectivity index (χ2v) is 7.86. The minimum Gasteiger partial charge on any atom is -0.395 e.